The van der Waals surface area contributed by atoms with Gasteiger partial charge in [-0.15, -0.1) is 11.3 Å². The summed E-state index contributed by atoms with van der Waals surface area (Å²) in [5, 5.41) is 11.7. The van der Waals surface area contributed by atoms with Gasteiger partial charge in [0.15, 0.2) is 0 Å². The van der Waals surface area contributed by atoms with Crippen molar-refractivity contribution in [3.05, 3.63) is 34.5 Å². The fourth-order valence-electron chi connectivity index (χ4n) is 1.31. The Balaban J connectivity index is 2.95. The molecule has 0 amide bonds. The number of hydrogen-bond donors (Lipinski definition) is 0. The minimum atomic E-state index is -0.433. The van der Waals surface area contributed by atoms with Crippen molar-refractivity contribution in [2.24, 2.45) is 0 Å². The lowest BCUT2D eigenvalue weighted by atomic mass is 10.1. The average Bonchev–Trinajstić information content (AvgIpc) is 2.48. The van der Waals surface area contributed by atoms with Crippen LogP contribution in [0.25, 0.3) is 10.1 Å². The van der Waals surface area contributed by atoms with Crippen LogP contribution in [0.4, 0.5) is 4.39 Å². The van der Waals surface area contributed by atoms with E-state index < -0.39 is 5.82 Å². The monoisotopic (exact) mass is 191 g/mol. The van der Waals surface area contributed by atoms with Crippen molar-refractivity contribution >= 4 is 21.4 Å². The van der Waals surface area contributed by atoms with E-state index >= 15 is 0 Å². The van der Waals surface area contributed by atoms with Crippen molar-refractivity contribution in [2.75, 3.05) is 0 Å². The Bertz CT molecular complexity index is 507. The van der Waals surface area contributed by atoms with Gasteiger partial charge in [0.1, 0.15) is 17.4 Å². The highest BCUT2D eigenvalue weighted by Gasteiger charge is 2.09. The van der Waals surface area contributed by atoms with E-state index in [9.17, 15) is 4.39 Å². The second-order valence-corrected chi connectivity index (χ2v) is 3.71. The number of thiophene rings is 1. The molecule has 1 aromatic heterocycles. The zero-order chi connectivity index (χ0) is 9.42. The third-order valence-electron chi connectivity index (χ3n) is 2.00. The number of halogens is 1. The van der Waals surface area contributed by atoms with Gasteiger partial charge in [0.05, 0.1) is 4.70 Å². The highest BCUT2D eigenvalue weighted by Crippen LogP contribution is 2.29. The Kier molecular flexibility index (Phi) is 1.78. The predicted octanol–water partition coefficient (Wildman–Crippen LogP) is 3.22. The Morgan fingerprint density at radius 3 is 2.92 bits per heavy atom. The van der Waals surface area contributed by atoms with Gasteiger partial charge in [0.25, 0.3) is 0 Å². The number of fused-ring (bicyclic) bond motifs is 1. The highest BCUT2D eigenvalue weighted by atomic mass is 32.1. The summed E-state index contributed by atoms with van der Waals surface area (Å²) < 4.78 is 13.9. The van der Waals surface area contributed by atoms with Gasteiger partial charge in [-0.3, -0.25) is 0 Å². The molecule has 0 N–H and O–H groups in total. The van der Waals surface area contributed by atoms with Gasteiger partial charge in [-0.1, -0.05) is 6.07 Å². The molecular weight excluding hydrogens is 185 g/mol. The molecule has 0 bridgehead atoms. The molecule has 2 aromatic rings. The molecule has 0 spiro atoms. The van der Waals surface area contributed by atoms with Crippen LogP contribution in [0.1, 0.15) is 11.1 Å². The Hall–Kier alpha value is -1.40. The predicted molar refractivity (Wildman–Crippen MR) is 51.2 cm³/mol. The molecule has 0 aliphatic rings. The molecule has 64 valence electrons. The second kappa shape index (κ2) is 2.82. The summed E-state index contributed by atoms with van der Waals surface area (Å²) in [5.74, 6) is -0.433. The lowest BCUT2D eigenvalue weighted by Crippen LogP contribution is -1.82. The van der Waals surface area contributed by atoms with E-state index in [1.54, 1.807) is 6.07 Å². The quantitative estimate of drug-likeness (QED) is 0.627. The number of rotatable bonds is 0. The second-order valence-electron chi connectivity index (χ2n) is 2.83. The summed E-state index contributed by atoms with van der Waals surface area (Å²) in [6.07, 6.45) is 0. The zero-order valence-electron chi connectivity index (χ0n) is 6.97. The minimum absolute atomic E-state index is 0.163. The standard InChI is InChI=1S/C10H6FNS/c1-6-5-13-10-7(6)2-3-9(11)8(10)4-12/h2-3,5H,1H3. The Labute approximate surface area is 79.0 Å². The van der Waals surface area contributed by atoms with Crippen molar-refractivity contribution < 1.29 is 4.39 Å². The number of nitrogens with zero attached hydrogens (tertiary/aromatic N) is 1. The summed E-state index contributed by atoms with van der Waals surface area (Å²) in [4.78, 5) is 0. The smallest absolute Gasteiger partial charge is 0.142 e. The molecule has 0 atom stereocenters. The molecule has 1 nitrogen and oxygen atoms in total. The fourth-order valence-corrected chi connectivity index (χ4v) is 2.35. The van der Waals surface area contributed by atoms with Gasteiger partial charge in [0.2, 0.25) is 0 Å². The van der Waals surface area contributed by atoms with E-state index in [4.69, 9.17) is 5.26 Å². The first-order valence-corrected chi connectivity index (χ1v) is 4.68. The van der Waals surface area contributed by atoms with E-state index in [0.717, 1.165) is 15.6 Å². The molecule has 0 fully saturated rings. The van der Waals surface area contributed by atoms with Crippen LogP contribution in [-0.2, 0) is 0 Å². The van der Waals surface area contributed by atoms with E-state index in [1.807, 2.05) is 18.4 Å². The van der Waals surface area contributed by atoms with E-state index in [1.165, 1.54) is 17.4 Å². The molecule has 1 aromatic carbocycles. The molecule has 0 aliphatic heterocycles. The van der Waals surface area contributed by atoms with E-state index in [-0.39, 0.29) is 5.56 Å². The molecular formula is C10H6FNS. The van der Waals surface area contributed by atoms with Gasteiger partial charge >= 0.3 is 0 Å². The van der Waals surface area contributed by atoms with Gasteiger partial charge < -0.3 is 0 Å². The SMILES string of the molecule is Cc1csc2c(C#N)c(F)ccc12. The maximum absolute atomic E-state index is 13.1. The molecule has 13 heavy (non-hydrogen) atoms. The van der Waals surface area contributed by atoms with Crippen molar-refractivity contribution in [1.82, 2.24) is 0 Å². The van der Waals surface area contributed by atoms with Gasteiger partial charge in [0, 0.05) is 0 Å². The summed E-state index contributed by atoms with van der Waals surface area (Å²) in [6, 6.07) is 4.95. The van der Waals surface area contributed by atoms with Crippen molar-refractivity contribution in [3.8, 4) is 6.07 Å². The third kappa shape index (κ3) is 1.11. The summed E-state index contributed by atoms with van der Waals surface area (Å²) in [7, 11) is 0. The molecule has 0 saturated carbocycles. The first kappa shape index (κ1) is 8.21. The number of nitriles is 1. The van der Waals surface area contributed by atoms with Crippen LogP contribution >= 0.6 is 11.3 Å². The summed E-state index contributed by atoms with van der Waals surface area (Å²) >= 11 is 1.42. The number of aryl methyl sites for hydroxylation is 1. The van der Waals surface area contributed by atoms with Crippen LogP contribution in [0.3, 0.4) is 0 Å². The molecule has 3 heteroatoms. The van der Waals surface area contributed by atoms with Crippen LogP contribution in [0.5, 0.6) is 0 Å². The van der Waals surface area contributed by atoms with Crippen molar-refractivity contribution in [1.29, 1.82) is 5.26 Å². The van der Waals surface area contributed by atoms with Crippen molar-refractivity contribution in [3.63, 3.8) is 0 Å². The topological polar surface area (TPSA) is 23.8 Å². The third-order valence-corrected chi connectivity index (χ3v) is 3.13. The lowest BCUT2D eigenvalue weighted by molar-refractivity contribution is 0.626. The lowest BCUT2D eigenvalue weighted by Gasteiger charge is -1.95. The fraction of sp³-hybridized carbons (Fsp3) is 0.100. The zero-order valence-corrected chi connectivity index (χ0v) is 7.78. The number of hydrogen-bond acceptors (Lipinski definition) is 2. The molecule has 1 heterocycles. The van der Waals surface area contributed by atoms with Crippen LogP contribution < -0.4 is 0 Å². The van der Waals surface area contributed by atoms with Crippen LogP contribution in [0, 0.1) is 24.1 Å². The van der Waals surface area contributed by atoms with E-state index in [0.29, 0.717) is 0 Å². The normalized spacial score (nSPS) is 10.2. The summed E-state index contributed by atoms with van der Waals surface area (Å²) in [6.45, 7) is 1.96. The maximum atomic E-state index is 13.1. The van der Waals surface area contributed by atoms with Crippen molar-refractivity contribution in [2.45, 2.75) is 6.92 Å². The first-order chi connectivity index (χ1) is 6.24. The van der Waals surface area contributed by atoms with Gasteiger partial charge in [-0.05, 0) is 29.3 Å². The van der Waals surface area contributed by atoms with Crippen LogP contribution in [-0.4, -0.2) is 0 Å². The van der Waals surface area contributed by atoms with Gasteiger partial charge in [-0.25, -0.2) is 4.39 Å². The van der Waals surface area contributed by atoms with Crippen LogP contribution in [0.15, 0.2) is 17.5 Å². The summed E-state index contributed by atoms with van der Waals surface area (Å²) in [5.41, 5.74) is 1.26. The minimum Gasteiger partial charge on any atom is -0.205 e. The molecule has 2 rings (SSSR count). The van der Waals surface area contributed by atoms with E-state index in [2.05, 4.69) is 0 Å². The van der Waals surface area contributed by atoms with Crippen LogP contribution in [0.2, 0.25) is 0 Å². The molecule has 0 aliphatic carbocycles. The van der Waals surface area contributed by atoms with Gasteiger partial charge in [-0.2, -0.15) is 5.26 Å². The Morgan fingerprint density at radius 2 is 2.23 bits per heavy atom. The average molecular weight is 191 g/mol. The largest absolute Gasteiger partial charge is 0.205 e. The maximum Gasteiger partial charge on any atom is 0.142 e. The molecule has 0 radical (unpaired) electrons. The highest BCUT2D eigenvalue weighted by molar-refractivity contribution is 7.17. The molecule has 0 saturated heterocycles. The Morgan fingerprint density at radius 1 is 1.46 bits per heavy atom. The number of benzene rings is 1. The molecule has 0 unspecified atom stereocenters. The first-order valence-electron chi connectivity index (χ1n) is 3.80.